The van der Waals surface area contributed by atoms with Crippen LogP contribution in [0.1, 0.15) is 11.1 Å². The number of hydrazine groups is 1. The molecule has 0 radical (unpaired) electrons. The van der Waals surface area contributed by atoms with Crippen LogP contribution in [-0.2, 0) is 22.2 Å². The molecule has 0 aliphatic rings. The van der Waals surface area contributed by atoms with E-state index >= 15 is 0 Å². The molecule has 0 saturated heterocycles. The third-order valence-corrected chi connectivity index (χ3v) is 4.64. The van der Waals surface area contributed by atoms with Gasteiger partial charge in [0.25, 0.3) is 0 Å². The van der Waals surface area contributed by atoms with Gasteiger partial charge in [-0.1, -0.05) is 30.3 Å². The highest BCUT2D eigenvalue weighted by Crippen LogP contribution is 2.08. The predicted molar refractivity (Wildman–Crippen MR) is 82.8 cm³/mol. The van der Waals surface area contributed by atoms with Gasteiger partial charge < -0.3 is 0 Å². The van der Waals surface area contributed by atoms with Gasteiger partial charge in [-0.15, -0.1) is 4.83 Å². The second kappa shape index (κ2) is 7.33. The molecular formula is C14H15N3O2S2. The van der Waals surface area contributed by atoms with Crippen LogP contribution in [0.3, 0.4) is 0 Å². The van der Waals surface area contributed by atoms with Gasteiger partial charge in [-0.05, 0) is 28.0 Å². The molecule has 1 aromatic carbocycles. The smallest absolute Gasteiger partial charge is 0.227 e. The predicted octanol–water partition coefficient (Wildman–Crippen LogP) is 1.81. The summed E-state index contributed by atoms with van der Waals surface area (Å²) in [6.07, 6.45) is 0.452. The van der Waals surface area contributed by atoms with Crippen LogP contribution < -0.4 is 10.3 Å². The molecule has 1 unspecified atom stereocenters. The zero-order chi connectivity index (χ0) is 15.1. The number of rotatable bonds is 7. The Balaban J connectivity index is 1.89. The van der Waals surface area contributed by atoms with Crippen molar-refractivity contribution in [3.8, 4) is 6.07 Å². The fourth-order valence-electron chi connectivity index (χ4n) is 1.76. The monoisotopic (exact) mass is 321 g/mol. The first kappa shape index (κ1) is 15.7. The molecule has 0 aliphatic heterocycles. The normalized spacial score (nSPS) is 12.7. The number of nitrogens with zero attached hydrogens (tertiary/aromatic N) is 1. The van der Waals surface area contributed by atoms with Crippen LogP contribution in [0.25, 0.3) is 0 Å². The van der Waals surface area contributed by atoms with Gasteiger partial charge >= 0.3 is 0 Å². The van der Waals surface area contributed by atoms with Crippen molar-refractivity contribution in [2.45, 2.75) is 18.2 Å². The summed E-state index contributed by atoms with van der Waals surface area (Å²) in [6.45, 7) is 0. The lowest BCUT2D eigenvalue weighted by molar-refractivity contribution is 0.528. The molecule has 0 aliphatic carbocycles. The fourth-order valence-corrected chi connectivity index (χ4v) is 3.47. The fraction of sp³-hybridized carbons (Fsp3) is 0.214. The summed E-state index contributed by atoms with van der Waals surface area (Å²) in [7, 11) is -3.53. The Kier molecular flexibility index (Phi) is 5.47. The molecule has 2 aromatic rings. The lowest BCUT2D eigenvalue weighted by Crippen LogP contribution is -2.45. The maximum atomic E-state index is 11.9. The summed E-state index contributed by atoms with van der Waals surface area (Å²) >= 11 is 1.54. The van der Waals surface area contributed by atoms with Crippen molar-refractivity contribution in [3.63, 3.8) is 0 Å². The van der Waals surface area contributed by atoms with Crippen LogP contribution in [-0.4, -0.2) is 14.5 Å². The van der Waals surface area contributed by atoms with E-state index in [1.807, 2.05) is 29.0 Å². The molecule has 2 rings (SSSR count). The first-order valence-electron chi connectivity index (χ1n) is 6.29. The molecular weight excluding hydrogens is 306 g/mol. The van der Waals surface area contributed by atoms with E-state index < -0.39 is 16.1 Å². The lowest BCUT2D eigenvalue weighted by atomic mass is 10.1. The molecule has 21 heavy (non-hydrogen) atoms. The third-order valence-electron chi connectivity index (χ3n) is 2.76. The van der Waals surface area contributed by atoms with Gasteiger partial charge in [-0.2, -0.15) is 16.6 Å². The molecule has 110 valence electrons. The second-order valence-electron chi connectivity index (χ2n) is 4.51. The van der Waals surface area contributed by atoms with Crippen molar-refractivity contribution in [1.29, 1.82) is 5.26 Å². The molecule has 0 spiro atoms. The van der Waals surface area contributed by atoms with Crippen molar-refractivity contribution < 1.29 is 8.42 Å². The largest absolute Gasteiger partial charge is 0.228 e. The molecule has 1 aromatic heterocycles. The highest BCUT2D eigenvalue weighted by Gasteiger charge is 2.15. The molecule has 0 saturated carbocycles. The first-order valence-corrected chi connectivity index (χ1v) is 8.88. The Bertz CT molecular complexity index is 692. The maximum absolute atomic E-state index is 11.9. The van der Waals surface area contributed by atoms with E-state index in [2.05, 4.69) is 10.3 Å². The molecule has 0 bridgehead atoms. The van der Waals surface area contributed by atoms with Gasteiger partial charge in [0.1, 0.15) is 6.04 Å². The zero-order valence-electron chi connectivity index (χ0n) is 11.2. The Hall–Kier alpha value is -1.72. The third kappa shape index (κ3) is 5.28. The van der Waals surface area contributed by atoms with E-state index in [0.29, 0.717) is 12.0 Å². The van der Waals surface area contributed by atoms with E-state index in [4.69, 9.17) is 5.26 Å². The minimum Gasteiger partial charge on any atom is -0.227 e. The average molecular weight is 321 g/mol. The molecule has 5 nitrogen and oxygen atoms in total. The number of hydrogen-bond donors (Lipinski definition) is 2. The van der Waals surface area contributed by atoms with E-state index in [1.54, 1.807) is 35.6 Å². The Labute approximate surface area is 128 Å². The van der Waals surface area contributed by atoms with Gasteiger partial charge in [0, 0.05) is 6.42 Å². The first-order chi connectivity index (χ1) is 10.1. The lowest BCUT2D eigenvalue weighted by Gasteiger charge is -2.12. The topological polar surface area (TPSA) is 82.0 Å². The summed E-state index contributed by atoms with van der Waals surface area (Å²) in [4.78, 5) is 2.27. The van der Waals surface area contributed by atoms with Crippen molar-refractivity contribution in [2.75, 3.05) is 0 Å². The zero-order valence-corrected chi connectivity index (χ0v) is 12.8. The highest BCUT2D eigenvalue weighted by atomic mass is 32.2. The minimum absolute atomic E-state index is 0.128. The van der Waals surface area contributed by atoms with Crippen LogP contribution in [0.15, 0.2) is 47.2 Å². The summed E-state index contributed by atoms with van der Waals surface area (Å²) in [5.41, 5.74) is 4.27. The summed E-state index contributed by atoms with van der Waals surface area (Å²) < 4.78 is 23.9. The van der Waals surface area contributed by atoms with Gasteiger partial charge in [-0.3, -0.25) is 0 Å². The molecule has 0 fully saturated rings. The van der Waals surface area contributed by atoms with Crippen LogP contribution in [0.5, 0.6) is 0 Å². The standard InChI is InChI=1S/C14H15N3O2S2/c15-9-14(8-13-6-7-20-10-13)16-17-21(18,19)11-12-4-2-1-3-5-12/h1-7,10,14,16-17H,8,11H2. The Morgan fingerprint density at radius 1 is 1.19 bits per heavy atom. The van der Waals surface area contributed by atoms with Crippen LogP contribution in [0.2, 0.25) is 0 Å². The van der Waals surface area contributed by atoms with Crippen LogP contribution >= 0.6 is 11.3 Å². The van der Waals surface area contributed by atoms with Gasteiger partial charge in [0.15, 0.2) is 0 Å². The van der Waals surface area contributed by atoms with Crippen molar-refractivity contribution in [2.24, 2.45) is 0 Å². The average Bonchev–Trinajstić information content (AvgIpc) is 2.97. The summed E-state index contributed by atoms with van der Waals surface area (Å²) in [6, 6.07) is 12.2. The molecule has 0 amide bonds. The molecule has 1 atom stereocenters. The number of thiophene rings is 1. The number of nitriles is 1. The summed E-state index contributed by atoms with van der Waals surface area (Å²) in [5, 5.41) is 12.9. The van der Waals surface area contributed by atoms with Crippen LogP contribution in [0, 0.1) is 11.3 Å². The van der Waals surface area contributed by atoms with E-state index in [1.165, 1.54) is 0 Å². The number of sulfonamides is 1. The SMILES string of the molecule is N#CC(Cc1ccsc1)NNS(=O)(=O)Cc1ccccc1. The quantitative estimate of drug-likeness (QED) is 0.762. The minimum atomic E-state index is -3.53. The van der Waals surface area contributed by atoms with Crippen LogP contribution in [0.4, 0.5) is 0 Å². The van der Waals surface area contributed by atoms with Gasteiger partial charge in [0.2, 0.25) is 10.0 Å². The molecule has 1 heterocycles. The second-order valence-corrected chi connectivity index (χ2v) is 7.01. The molecule has 2 N–H and O–H groups in total. The van der Waals surface area contributed by atoms with Crippen molar-refractivity contribution in [1.82, 2.24) is 10.3 Å². The molecule has 7 heteroatoms. The number of hydrogen-bond acceptors (Lipinski definition) is 5. The van der Waals surface area contributed by atoms with E-state index in [-0.39, 0.29) is 5.75 Å². The number of benzene rings is 1. The van der Waals surface area contributed by atoms with Gasteiger partial charge in [0.05, 0.1) is 11.8 Å². The van der Waals surface area contributed by atoms with Crippen molar-refractivity contribution in [3.05, 3.63) is 58.3 Å². The van der Waals surface area contributed by atoms with Gasteiger partial charge in [-0.25, -0.2) is 13.8 Å². The number of nitrogens with one attached hydrogen (secondary N) is 2. The Morgan fingerprint density at radius 3 is 2.57 bits per heavy atom. The van der Waals surface area contributed by atoms with E-state index in [0.717, 1.165) is 5.56 Å². The van der Waals surface area contributed by atoms with E-state index in [9.17, 15) is 8.42 Å². The Morgan fingerprint density at radius 2 is 1.95 bits per heavy atom. The van der Waals surface area contributed by atoms with Crippen molar-refractivity contribution >= 4 is 21.4 Å². The highest BCUT2D eigenvalue weighted by molar-refractivity contribution is 7.88. The maximum Gasteiger partial charge on any atom is 0.228 e. The summed E-state index contributed by atoms with van der Waals surface area (Å²) in [5.74, 6) is -0.128.